The molecule has 7 heteroatoms. The van der Waals surface area contributed by atoms with Gasteiger partial charge in [0.15, 0.2) is 11.7 Å². The Morgan fingerprint density at radius 3 is 2.71 bits per heavy atom. The number of rotatable bonds is 5. The van der Waals surface area contributed by atoms with Gasteiger partial charge in [0.25, 0.3) is 0 Å². The fraction of sp³-hybridized carbons (Fsp3) is 0.412. The molecule has 0 atom stereocenters. The summed E-state index contributed by atoms with van der Waals surface area (Å²) in [7, 11) is 3.62. The first-order valence-electron chi connectivity index (χ1n) is 7.61. The molecule has 132 valence electrons. The van der Waals surface area contributed by atoms with Crippen LogP contribution in [0.3, 0.4) is 0 Å². The average Bonchev–Trinajstić information content (AvgIpc) is 2.97. The highest BCUT2D eigenvalue weighted by Crippen LogP contribution is 2.14. The molecule has 1 aromatic carbocycles. The van der Waals surface area contributed by atoms with Gasteiger partial charge in [-0.05, 0) is 23.6 Å². The highest BCUT2D eigenvalue weighted by atomic mass is 127. The SMILES string of the molecule is CN=C(NCc1cc(C(C)C)no1)N(C)Cc1cccc(F)c1.I. The van der Waals surface area contributed by atoms with Crippen molar-refractivity contribution >= 4 is 29.9 Å². The van der Waals surface area contributed by atoms with Crippen molar-refractivity contribution < 1.29 is 8.91 Å². The predicted molar refractivity (Wildman–Crippen MR) is 104 cm³/mol. The van der Waals surface area contributed by atoms with E-state index < -0.39 is 0 Å². The van der Waals surface area contributed by atoms with E-state index in [0.29, 0.717) is 25.0 Å². The lowest BCUT2D eigenvalue weighted by molar-refractivity contribution is 0.368. The molecule has 24 heavy (non-hydrogen) atoms. The van der Waals surface area contributed by atoms with Gasteiger partial charge in [0.2, 0.25) is 0 Å². The molecule has 0 spiro atoms. The highest BCUT2D eigenvalue weighted by Gasteiger charge is 2.10. The normalized spacial score (nSPS) is 11.3. The van der Waals surface area contributed by atoms with E-state index >= 15 is 0 Å². The minimum absolute atomic E-state index is 0. The van der Waals surface area contributed by atoms with Crippen LogP contribution < -0.4 is 5.32 Å². The first-order valence-corrected chi connectivity index (χ1v) is 7.61. The van der Waals surface area contributed by atoms with Crippen LogP contribution in [0.4, 0.5) is 4.39 Å². The largest absolute Gasteiger partial charge is 0.359 e. The van der Waals surface area contributed by atoms with Gasteiger partial charge >= 0.3 is 0 Å². The van der Waals surface area contributed by atoms with Crippen LogP contribution in [0, 0.1) is 5.82 Å². The van der Waals surface area contributed by atoms with Crippen LogP contribution in [-0.4, -0.2) is 30.1 Å². The fourth-order valence-corrected chi connectivity index (χ4v) is 2.22. The third kappa shape index (κ3) is 5.77. The zero-order valence-electron chi connectivity index (χ0n) is 14.4. The summed E-state index contributed by atoms with van der Waals surface area (Å²) in [5, 5.41) is 7.25. The Labute approximate surface area is 159 Å². The summed E-state index contributed by atoms with van der Waals surface area (Å²) >= 11 is 0. The van der Waals surface area contributed by atoms with Gasteiger partial charge in [-0.15, -0.1) is 24.0 Å². The Morgan fingerprint density at radius 1 is 1.38 bits per heavy atom. The monoisotopic (exact) mass is 446 g/mol. The van der Waals surface area contributed by atoms with Crippen molar-refractivity contribution in [3.63, 3.8) is 0 Å². The molecule has 0 aliphatic carbocycles. The minimum Gasteiger partial charge on any atom is -0.359 e. The summed E-state index contributed by atoms with van der Waals surface area (Å²) in [6.45, 7) is 5.20. The smallest absolute Gasteiger partial charge is 0.194 e. The Hall–Kier alpha value is -1.64. The van der Waals surface area contributed by atoms with Gasteiger partial charge < -0.3 is 14.7 Å². The van der Waals surface area contributed by atoms with Crippen molar-refractivity contribution in [3.8, 4) is 0 Å². The first-order chi connectivity index (χ1) is 11.0. The quantitative estimate of drug-likeness (QED) is 0.432. The number of hydrogen-bond acceptors (Lipinski definition) is 3. The Kier molecular flexibility index (Phi) is 8.17. The van der Waals surface area contributed by atoms with E-state index in [0.717, 1.165) is 17.0 Å². The van der Waals surface area contributed by atoms with Crippen molar-refractivity contribution in [1.29, 1.82) is 0 Å². The molecule has 0 aliphatic rings. The van der Waals surface area contributed by atoms with E-state index in [1.165, 1.54) is 12.1 Å². The Morgan fingerprint density at radius 2 is 2.12 bits per heavy atom. The number of halogens is 2. The number of guanidine groups is 1. The van der Waals surface area contributed by atoms with E-state index in [-0.39, 0.29) is 29.8 Å². The second-order valence-electron chi connectivity index (χ2n) is 5.76. The molecule has 2 rings (SSSR count). The van der Waals surface area contributed by atoms with Crippen molar-refractivity contribution in [2.24, 2.45) is 4.99 Å². The standard InChI is InChI=1S/C17H23FN4O.HI/c1-12(2)16-9-15(23-21-16)10-20-17(19-3)22(4)11-13-6-5-7-14(18)8-13;/h5-9,12H,10-11H2,1-4H3,(H,19,20);1H. The molecule has 1 aromatic heterocycles. The van der Waals surface area contributed by atoms with Crippen LogP contribution in [0.15, 0.2) is 39.8 Å². The molecule has 0 saturated heterocycles. The molecule has 1 N–H and O–H groups in total. The van der Waals surface area contributed by atoms with E-state index in [1.807, 2.05) is 24.1 Å². The van der Waals surface area contributed by atoms with Crippen molar-refractivity contribution in [2.75, 3.05) is 14.1 Å². The third-order valence-electron chi connectivity index (χ3n) is 3.47. The fourth-order valence-electron chi connectivity index (χ4n) is 2.22. The van der Waals surface area contributed by atoms with Gasteiger partial charge in [0.05, 0.1) is 12.2 Å². The van der Waals surface area contributed by atoms with Gasteiger partial charge in [0, 0.05) is 26.7 Å². The first kappa shape index (κ1) is 20.4. The van der Waals surface area contributed by atoms with Crippen LogP contribution in [-0.2, 0) is 13.1 Å². The summed E-state index contributed by atoms with van der Waals surface area (Å²) in [6, 6.07) is 8.49. The number of aliphatic imine (C=N–C) groups is 1. The number of nitrogens with zero attached hydrogens (tertiary/aromatic N) is 3. The van der Waals surface area contributed by atoms with Crippen LogP contribution in [0.1, 0.15) is 36.8 Å². The molecule has 0 saturated carbocycles. The average molecular weight is 446 g/mol. The molecule has 0 unspecified atom stereocenters. The van der Waals surface area contributed by atoms with Crippen LogP contribution >= 0.6 is 24.0 Å². The molecule has 0 aliphatic heterocycles. The summed E-state index contributed by atoms with van der Waals surface area (Å²) in [5.74, 6) is 1.56. The van der Waals surface area contributed by atoms with Gasteiger partial charge in [-0.3, -0.25) is 4.99 Å². The summed E-state index contributed by atoms with van der Waals surface area (Å²) < 4.78 is 18.6. The number of nitrogens with one attached hydrogen (secondary N) is 1. The van der Waals surface area contributed by atoms with Crippen LogP contribution in [0.5, 0.6) is 0 Å². The van der Waals surface area contributed by atoms with E-state index in [2.05, 4.69) is 29.3 Å². The summed E-state index contributed by atoms with van der Waals surface area (Å²) in [5.41, 5.74) is 1.82. The zero-order chi connectivity index (χ0) is 16.8. The molecule has 5 nitrogen and oxygen atoms in total. The van der Waals surface area contributed by atoms with Gasteiger partial charge in [-0.1, -0.05) is 31.1 Å². The Balaban J connectivity index is 0.00000288. The van der Waals surface area contributed by atoms with Crippen molar-refractivity contribution in [3.05, 3.63) is 53.2 Å². The maximum absolute atomic E-state index is 13.3. The van der Waals surface area contributed by atoms with E-state index in [1.54, 1.807) is 13.1 Å². The number of aromatic nitrogens is 1. The lowest BCUT2D eigenvalue weighted by atomic mass is 10.1. The van der Waals surface area contributed by atoms with Crippen molar-refractivity contribution in [1.82, 2.24) is 15.4 Å². The van der Waals surface area contributed by atoms with Gasteiger partial charge in [-0.2, -0.15) is 0 Å². The van der Waals surface area contributed by atoms with E-state index in [9.17, 15) is 4.39 Å². The van der Waals surface area contributed by atoms with Crippen LogP contribution in [0.25, 0.3) is 0 Å². The lowest BCUT2D eigenvalue weighted by Crippen LogP contribution is -2.38. The second-order valence-corrected chi connectivity index (χ2v) is 5.76. The molecule has 0 radical (unpaired) electrons. The molecule has 1 heterocycles. The van der Waals surface area contributed by atoms with Crippen LogP contribution in [0.2, 0.25) is 0 Å². The maximum atomic E-state index is 13.3. The minimum atomic E-state index is -0.235. The molecular weight excluding hydrogens is 422 g/mol. The number of benzene rings is 1. The predicted octanol–water partition coefficient (Wildman–Crippen LogP) is 3.76. The zero-order valence-corrected chi connectivity index (χ0v) is 16.7. The molecule has 0 amide bonds. The third-order valence-corrected chi connectivity index (χ3v) is 3.47. The lowest BCUT2D eigenvalue weighted by Gasteiger charge is -2.21. The summed E-state index contributed by atoms with van der Waals surface area (Å²) in [6.07, 6.45) is 0. The maximum Gasteiger partial charge on any atom is 0.194 e. The molecule has 0 bridgehead atoms. The number of hydrogen-bond donors (Lipinski definition) is 1. The Bertz CT molecular complexity index is 672. The molecule has 0 fully saturated rings. The van der Waals surface area contributed by atoms with Gasteiger partial charge in [-0.25, -0.2) is 4.39 Å². The highest BCUT2D eigenvalue weighted by molar-refractivity contribution is 14.0. The molecular formula is C17H24FIN4O. The van der Waals surface area contributed by atoms with E-state index in [4.69, 9.17) is 4.52 Å². The van der Waals surface area contributed by atoms with Gasteiger partial charge in [0.1, 0.15) is 5.82 Å². The van der Waals surface area contributed by atoms with Crippen molar-refractivity contribution in [2.45, 2.75) is 32.9 Å². The molecule has 2 aromatic rings. The second kappa shape index (κ2) is 9.61. The topological polar surface area (TPSA) is 53.7 Å². The summed E-state index contributed by atoms with van der Waals surface area (Å²) in [4.78, 5) is 6.16.